The van der Waals surface area contributed by atoms with Crippen LogP contribution < -0.4 is 5.32 Å². The molecule has 22 heavy (non-hydrogen) atoms. The largest absolute Gasteiger partial charge is 0.353 e. The van der Waals surface area contributed by atoms with Crippen LogP contribution in [0.25, 0.3) is 0 Å². The average molecular weight is 327 g/mol. The maximum absolute atomic E-state index is 13.8. The normalized spacial score (nSPS) is 18.2. The predicted octanol–water partition coefficient (Wildman–Crippen LogP) is 3.61. The molecule has 3 nitrogen and oxygen atoms in total. The van der Waals surface area contributed by atoms with E-state index in [1.807, 2.05) is 6.92 Å². The lowest BCUT2D eigenvalue weighted by atomic mass is 9.95. The van der Waals surface area contributed by atoms with E-state index in [0.717, 1.165) is 32.4 Å². The van der Waals surface area contributed by atoms with Crippen LogP contribution in [0, 0.1) is 11.7 Å². The Morgan fingerprint density at radius 2 is 2.14 bits per heavy atom. The van der Waals surface area contributed by atoms with Crippen LogP contribution in [0.4, 0.5) is 4.39 Å². The number of benzene rings is 1. The first-order chi connectivity index (χ1) is 10.5. The van der Waals surface area contributed by atoms with Gasteiger partial charge in [-0.25, -0.2) is 4.39 Å². The van der Waals surface area contributed by atoms with Gasteiger partial charge in [-0.2, -0.15) is 0 Å². The van der Waals surface area contributed by atoms with Crippen molar-refractivity contribution < 1.29 is 9.18 Å². The van der Waals surface area contributed by atoms with Gasteiger partial charge in [0.1, 0.15) is 5.82 Å². The number of nitrogens with one attached hydrogen (secondary N) is 1. The maximum atomic E-state index is 13.8. The fourth-order valence-corrected chi connectivity index (χ4v) is 2.87. The highest BCUT2D eigenvalue weighted by Crippen LogP contribution is 2.21. The lowest BCUT2D eigenvalue weighted by Gasteiger charge is -2.31. The van der Waals surface area contributed by atoms with Gasteiger partial charge in [-0.05, 0) is 51.4 Å². The molecule has 0 radical (unpaired) electrons. The van der Waals surface area contributed by atoms with Crippen molar-refractivity contribution in [3.8, 4) is 0 Å². The lowest BCUT2D eigenvalue weighted by Crippen LogP contribution is -2.42. The van der Waals surface area contributed by atoms with Crippen molar-refractivity contribution in [3.05, 3.63) is 34.6 Å². The molecule has 1 aliphatic heterocycles. The molecule has 1 aromatic carbocycles. The van der Waals surface area contributed by atoms with E-state index in [9.17, 15) is 9.18 Å². The molecule has 1 aromatic rings. The zero-order chi connectivity index (χ0) is 16.1. The monoisotopic (exact) mass is 326 g/mol. The van der Waals surface area contributed by atoms with Crippen molar-refractivity contribution in [1.82, 2.24) is 10.2 Å². The highest BCUT2D eigenvalue weighted by molar-refractivity contribution is 6.30. The topological polar surface area (TPSA) is 32.3 Å². The smallest absolute Gasteiger partial charge is 0.223 e. The number of piperidine rings is 1. The van der Waals surface area contributed by atoms with Crippen LogP contribution in [0.5, 0.6) is 0 Å². The fourth-order valence-electron chi connectivity index (χ4n) is 2.71. The molecule has 0 spiro atoms. The van der Waals surface area contributed by atoms with Crippen LogP contribution in [-0.2, 0) is 11.3 Å². The highest BCUT2D eigenvalue weighted by Gasteiger charge is 2.25. The Morgan fingerprint density at radius 3 is 2.73 bits per heavy atom. The fraction of sp³-hybridized carbons (Fsp3) is 0.588. The number of rotatable bonds is 5. The summed E-state index contributed by atoms with van der Waals surface area (Å²) in [5.41, 5.74) is 0.659. The van der Waals surface area contributed by atoms with Gasteiger partial charge >= 0.3 is 0 Å². The number of likely N-dealkylation sites (tertiary alicyclic amines) is 1. The zero-order valence-electron chi connectivity index (χ0n) is 13.2. The van der Waals surface area contributed by atoms with Gasteiger partial charge in [-0.3, -0.25) is 9.69 Å². The van der Waals surface area contributed by atoms with Crippen molar-refractivity contribution in [1.29, 1.82) is 0 Å². The first-order valence-electron chi connectivity index (χ1n) is 7.96. The van der Waals surface area contributed by atoms with Crippen molar-refractivity contribution >= 4 is 17.5 Å². The van der Waals surface area contributed by atoms with Gasteiger partial charge < -0.3 is 5.32 Å². The molecular weight excluding hydrogens is 303 g/mol. The minimum absolute atomic E-state index is 0.0836. The Kier molecular flexibility index (Phi) is 6.21. The summed E-state index contributed by atoms with van der Waals surface area (Å²) < 4.78 is 13.8. The van der Waals surface area contributed by atoms with Crippen molar-refractivity contribution in [3.63, 3.8) is 0 Å². The Bertz CT molecular complexity index is 515. The molecule has 1 N–H and O–H groups in total. The molecular formula is C17H24ClFN2O. The lowest BCUT2D eigenvalue weighted by molar-refractivity contribution is -0.127. The molecule has 1 saturated heterocycles. The van der Waals surface area contributed by atoms with E-state index in [1.165, 1.54) is 6.07 Å². The van der Waals surface area contributed by atoms with Crippen LogP contribution in [-0.4, -0.2) is 29.9 Å². The van der Waals surface area contributed by atoms with E-state index in [-0.39, 0.29) is 23.7 Å². The van der Waals surface area contributed by atoms with Gasteiger partial charge in [0.2, 0.25) is 5.91 Å². The third kappa shape index (κ3) is 4.68. The summed E-state index contributed by atoms with van der Waals surface area (Å²) in [5, 5.41) is 3.47. The van der Waals surface area contributed by atoms with Gasteiger partial charge in [0.05, 0.1) is 0 Å². The number of carbonyl (C=O) groups excluding carboxylic acids is 1. The number of halogens is 2. The molecule has 0 aromatic heterocycles. The van der Waals surface area contributed by atoms with Gasteiger partial charge in [0.25, 0.3) is 0 Å². The minimum Gasteiger partial charge on any atom is -0.353 e. The first-order valence-corrected chi connectivity index (χ1v) is 8.34. The number of hydrogen-bond acceptors (Lipinski definition) is 2. The molecule has 5 heteroatoms. The molecule has 1 amide bonds. The quantitative estimate of drug-likeness (QED) is 0.896. The second-order valence-electron chi connectivity index (χ2n) is 6.10. The number of hydrogen-bond donors (Lipinski definition) is 1. The predicted molar refractivity (Wildman–Crippen MR) is 87.3 cm³/mol. The molecule has 1 unspecified atom stereocenters. The van der Waals surface area contributed by atoms with Gasteiger partial charge in [0.15, 0.2) is 0 Å². The van der Waals surface area contributed by atoms with E-state index in [1.54, 1.807) is 12.1 Å². The maximum Gasteiger partial charge on any atom is 0.223 e. The van der Waals surface area contributed by atoms with Crippen molar-refractivity contribution in [2.24, 2.45) is 5.92 Å². The van der Waals surface area contributed by atoms with Crippen molar-refractivity contribution in [2.75, 3.05) is 13.1 Å². The first kappa shape index (κ1) is 17.2. The van der Waals surface area contributed by atoms with Crippen LogP contribution in [0.15, 0.2) is 18.2 Å². The van der Waals surface area contributed by atoms with Gasteiger partial charge in [0, 0.05) is 29.1 Å². The SMILES string of the molecule is CCC(C)NC(=O)C1CCN(Cc2ccc(Cl)cc2F)CC1. The molecule has 122 valence electrons. The Labute approximate surface area is 136 Å². The zero-order valence-corrected chi connectivity index (χ0v) is 14.0. The Hall–Kier alpha value is -1.13. The summed E-state index contributed by atoms with van der Waals surface area (Å²) >= 11 is 5.77. The number of nitrogens with zero attached hydrogens (tertiary/aromatic N) is 1. The van der Waals surface area contributed by atoms with Crippen LogP contribution in [0.3, 0.4) is 0 Å². The van der Waals surface area contributed by atoms with Gasteiger partial charge in [-0.1, -0.05) is 24.6 Å². The second-order valence-corrected chi connectivity index (χ2v) is 6.54. The van der Waals surface area contributed by atoms with E-state index in [0.29, 0.717) is 17.1 Å². The van der Waals surface area contributed by atoms with Crippen LogP contribution in [0.1, 0.15) is 38.7 Å². The summed E-state index contributed by atoms with van der Waals surface area (Å²) in [4.78, 5) is 14.3. The Morgan fingerprint density at radius 1 is 1.45 bits per heavy atom. The summed E-state index contributed by atoms with van der Waals surface area (Å²) in [6.45, 7) is 6.30. The van der Waals surface area contributed by atoms with E-state index in [2.05, 4.69) is 17.1 Å². The third-order valence-corrected chi connectivity index (χ3v) is 4.60. The van der Waals surface area contributed by atoms with E-state index < -0.39 is 0 Å². The van der Waals surface area contributed by atoms with E-state index >= 15 is 0 Å². The van der Waals surface area contributed by atoms with E-state index in [4.69, 9.17) is 11.6 Å². The molecule has 0 saturated carbocycles. The number of carbonyl (C=O) groups is 1. The van der Waals surface area contributed by atoms with Gasteiger partial charge in [-0.15, -0.1) is 0 Å². The average Bonchev–Trinajstić information content (AvgIpc) is 2.50. The molecule has 1 fully saturated rings. The summed E-state index contributed by atoms with van der Waals surface area (Å²) in [6, 6.07) is 5.03. The Balaban J connectivity index is 1.83. The molecule has 0 bridgehead atoms. The highest BCUT2D eigenvalue weighted by atomic mass is 35.5. The molecule has 1 atom stereocenters. The molecule has 1 aliphatic rings. The summed E-state index contributed by atoms with van der Waals surface area (Å²) in [5.74, 6) is -0.0175. The molecule has 2 rings (SSSR count). The summed E-state index contributed by atoms with van der Waals surface area (Å²) in [7, 11) is 0. The number of amides is 1. The van der Waals surface area contributed by atoms with Crippen LogP contribution >= 0.6 is 11.6 Å². The molecule has 1 heterocycles. The second kappa shape index (κ2) is 7.93. The van der Waals surface area contributed by atoms with Crippen LogP contribution in [0.2, 0.25) is 5.02 Å². The molecule has 0 aliphatic carbocycles. The minimum atomic E-state index is -0.260. The third-order valence-electron chi connectivity index (χ3n) is 4.37. The van der Waals surface area contributed by atoms with Crippen molar-refractivity contribution in [2.45, 2.75) is 45.7 Å². The summed E-state index contributed by atoms with van der Waals surface area (Å²) in [6.07, 6.45) is 2.61. The standard InChI is InChI=1S/C17H24ClFN2O/c1-3-12(2)20-17(22)13-6-8-21(9-7-13)11-14-4-5-15(18)10-16(14)19/h4-5,10,12-13H,3,6-9,11H2,1-2H3,(H,20,22).